The molecule has 5 heteroatoms. The summed E-state index contributed by atoms with van der Waals surface area (Å²) in [6.45, 7) is 5.44. The number of methoxy groups -OCH3 is 1. The highest BCUT2D eigenvalue weighted by atomic mass is 16.5. The molecular weight excluding hydrogens is 330 g/mol. The number of esters is 1. The minimum absolute atomic E-state index is 0.114. The SMILES string of the molecule is COC(=O)c1ccc(C(=O)C(C)(C)C)c(N(C)C(=O)c2ccccc2)c1. The van der Waals surface area contributed by atoms with Crippen LogP contribution in [-0.4, -0.2) is 31.8 Å². The van der Waals surface area contributed by atoms with E-state index in [0.29, 0.717) is 16.8 Å². The van der Waals surface area contributed by atoms with Gasteiger partial charge in [0, 0.05) is 23.6 Å². The van der Waals surface area contributed by atoms with Crippen LogP contribution < -0.4 is 4.90 Å². The summed E-state index contributed by atoms with van der Waals surface area (Å²) < 4.78 is 4.76. The van der Waals surface area contributed by atoms with E-state index in [1.165, 1.54) is 24.1 Å². The van der Waals surface area contributed by atoms with Gasteiger partial charge >= 0.3 is 5.97 Å². The number of benzene rings is 2. The van der Waals surface area contributed by atoms with Gasteiger partial charge in [-0.25, -0.2) is 4.79 Å². The normalized spacial score (nSPS) is 11.0. The van der Waals surface area contributed by atoms with Crippen molar-refractivity contribution in [3.63, 3.8) is 0 Å². The number of anilines is 1. The number of amides is 1. The molecule has 2 aromatic rings. The number of carbonyl (C=O) groups excluding carboxylic acids is 3. The van der Waals surface area contributed by atoms with Gasteiger partial charge in [0.2, 0.25) is 0 Å². The van der Waals surface area contributed by atoms with E-state index in [1.807, 2.05) is 26.8 Å². The molecule has 0 aromatic heterocycles. The third-order valence-electron chi connectivity index (χ3n) is 4.03. The average Bonchev–Trinajstić information content (AvgIpc) is 2.65. The van der Waals surface area contributed by atoms with E-state index in [9.17, 15) is 14.4 Å². The summed E-state index contributed by atoms with van der Waals surface area (Å²) in [6, 6.07) is 13.4. The molecule has 0 aliphatic carbocycles. The van der Waals surface area contributed by atoms with E-state index in [2.05, 4.69) is 0 Å². The zero-order valence-electron chi connectivity index (χ0n) is 15.7. The van der Waals surface area contributed by atoms with Crippen molar-refractivity contribution >= 4 is 23.3 Å². The molecule has 0 heterocycles. The van der Waals surface area contributed by atoms with Gasteiger partial charge in [-0.15, -0.1) is 0 Å². The van der Waals surface area contributed by atoms with Gasteiger partial charge in [0.05, 0.1) is 18.4 Å². The maximum absolute atomic E-state index is 12.8. The monoisotopic (exact) mass is 353 g/mol. The number of ketones is 1. The molecule has 0 saturated heterocycles. The van der Waals surface area contributed by atoms with Crippen molar-refractivity contribution < 1.29 is 19.1 Å². The summed E-state index contributed by atoms with van der Waals surface area (Å²) in [4.78, 5) is 39.0. The highest BCUT2D eigenvalue weighted by Crippen LogP contribution is 2.30. The Kier molecular flexibility index (Phi) is 5.60. The van der Waals surface area contributed by atoms with Crippen molar-refractivity contribution in [2.24, 2.45) is 5.41 Å². The topological polar surface area (TPSA) is 63.7 Å². The molecule has 0 spiro atoms. The summed E-state index contributed by atoms with van der Waals surface area (Å²) >= 11 is 0. The Morgan fingerprint density at radius 3 is 2.08 bits per heavy atom. The maximum atomic E-state index is 12.8. The van der Waals surface area contributed by atoms with Crippen molar-refractivity contribution in [2.75, 3.05) is 19.1 Å². The van der Waals surface area contributed by atoms with Crippen molar-refractivity contribution in [3.8, 4) is 0 Å². The number of ether oxygens (including phenoxy) is 1. The molecular formula is C21H23NO4. The summed E-state index contributed by atoms with van der Waals surface area (Å²) in [5, 5.41) is 0. The predicted octanol–water partition coefficient (Wildman–Crippen LogP) is 3.98. The molecule has 0 aliphatic rings. The quantitative estimate of drug-likeness (QED) is 0.616. The molecule has 0 bridgehead atoms. The van der Waals surface area contributed by atoms with Gasteiger partial charge in [0.15, 0.2) is 5.78 Å². The number of hydrogen-bond donors (Lipinski definition) is 0. The van der Waals surface area contributed by atoms with Gasteiger partial charge in [-0.3, -0.25) is 9.59 Å². The first-order chi connectivity index (χ1) is 12.2. The zero-order chi connectivity index (χ0) is 19.5. The molecule has 0 saturated carbocycles. The lowest BCUT2D eigenvalue weighted by atomic mass is 9.85. The van der Waals surface area contributed by atoms with Gasteiger partial charge in [-0.2, -0.15) is 0 Å². The molecule has 1 amide bonds. The largest absolute Gasteiger partial charge is 0.465 e. The molecule has 136 valence electrons. The van der Waals surface area contributed by atoms with E-state index in [-0.39, 0.29) is 17.3 Å². The second-order valence-electron chi connectivity index (χ2n) is 7.03. The zero-order valence-corrected chi connectivity index (χ0v) is 15.7. The molecule has 0 aliphatic heterocycles. The molecule has 2 rings (SSSR count). The minimum Gasteiger partial charge on any atom is -0.465 e. The van der Waals surface area contributed by atoms with E-state index in [4.69, 9.17) is 4.74 Å². The number of rotatable bonds is 4. The van der Waals surface area contributed by atoms with Crippen LogP contribution in [0.4, 0.5) is 5.69 Å². The van der Waals surface area contributed by atoms with Crippen LogP contribution in [0.5, 0.6) is 0 Å². The predicted molar refractivity (Wildman–Crippen MR) is 101 cm³/mol. The number of Topliss-reactive ketones (excluding diaryl/α,β-unsaturated/α-hetero) is 1. The summed E-state index contributed by atoms with van der Waals surface area (Å²) in [6.07, 6.45) is 0. The van der Waals surface area contributed by atoms with Crippen LogP contribution in [0.25, 0.3) is 0 Å². The van der Waals surface area contributed by atoms with E-state index in [1.54, 1.807) is 37.4 Å². The van der Waals surface area contributed by atoms with Gasteiger partial charge in [-0.05, 0) is 30.3 Å². The van der Waals surface area contributed by atoms with Gasteiger partial charge in [0.1, 0.15) is 0 Å². The van der Waals surface area contributed by atoms with Crippen molar-refractivity contribution in [1.82, 2.24) is 0 Å². The molecule has 5 nitrogen and oxygen atoms in total. The smallest absolute Gasteiger partial charge is 0.337 e. The molecule has 0 atom stereocenters. The Morgan fingerprint density at radius 1 is 0.923 bits per heavy atom. The van der Waals surface area contributed by atoms with Crippen LogP contribution in [-0.2, 0) is 4.74 Å². The Hall–Kier alpha value is -2.95. The first-order valence-electron chi connectivity index (χ1n) is 8.27. The average molecular weight is 353 g/mol. The molecule has 0 unspecified atom stereocenters. The van der Waals surface area contributed by atoms with Gasteiger partial charge in [0.25, 0.3) is 5.91 Å². The van der Waals surface area contributed by atoms with Crippen molar-refractivity contribution in [3.05, 3.63) is 65.2 Å². The Bertz CT molecular complexity index is 835. The van der Waals surface area contributed by atoms with Crippen LogP contribution in [0.15, 0.2) is 48.5 Å². The number of hydrogen-bond acceptors (Lipinski definition) is 4. The lowest BCUT2D eigenvalue weighted by Crippen LogP contribution is -2.30. The fourth-order valence-corrected chi connectivity index (χ4v) is 2.53. The van der Waals surface area contributed by atoms with E-state index < -0.39 is 11.4 Å². The molecule has 0 N–H and O–H groups in total. The number of nitrogens with zero attached hydrogens (tertiary/aromatic N) is 1. The third-order valence-corrected chi connectivity index (χ3v) is 4.03. The summed E-state index contributed by atoms with van der Waals surface area (Å²) in [5.74, 6) is -0.909. The van der Waals surface area contributed by atoms with Crippen LogP contribution in [0.3, 0.4) is 0 Å². The Balaban J connectivity index is 2.57. The van der Waals surface area contributed by atoms with Crippen LogP contribution in [0.2, 0.25) is 0 Å². The fourth-order valence-electron chi connectivity index (χ4n) is 2.53. The highest BCUT2D eigenvalue weighted by molar-refractivity contribution is 6.12. The summed E-state index contributed by atoms with van der Waals surface area (Å²) in [7, 11) is 2.88. The second kappa shape index (κ2) is 7.52. The molecule has 0 radical (unpaired) electrons. The van der Waals surface area contributed by atoms with Crippen LogP contribution in [0.1, 0.15) is 51.8 Å². The second-order valence-corrected chi connectivity index (χ2v) is 7.03. The Labute approximate surface area is 153 Å². The van der Waals surface area contributed by atoms with Gasteiger partial charge in [-0.1, -0.05) is 39.0 Å². The van der Waals surface area contributed by atoms with Crippen molar-refractivity contribution in [2.45, 2.75) is 20.8 Å². The van der Waals surface area contributed by atoms with Crippen molar-refractivity contribution in [1.29, 1.82) is 0 Å². The maximum Gasteiger partial charge on any atom is 0.337 e. The lowest BCUT2D eigenvalue weighted by Gasteiger charge is -2.24. The van der Waals surface area contributed by atoms with Crippen LogP contribution in [0, 0.1) is 5.41 Å². The molecule has 26 heavy (non-hydrogen) atoms. The fraction of sp³-hybridized carbons (Fsp3) is 0.286. The molecule has 0 fully saturated rings. The first kappa shape index (κ1) is 19.4. The van der Waals surface area contributed by atoms with Gasteiger partial charge < -0.3 is 9.64 Å². The molecule has 2 aromatic carbocycles. The standard InChI is InChI=1S/C21H23NO4/c1-21(2,3)18(23)16-12-11-15(20(25)26-5)13-17(16)22(4)19(24)14-9-7-6-8-10-14/h6-13H,1-5H3. The Morgan fingerprint density at radius 2 is 1.54 bits per heavy atom. The highest BCUT2D eigenvalue weighted by Gasteiger charge is 2.28. The van der Waals surface area contributed by atoms with Crippen LogP contribution >= 0.6 is 0 Å². The first-order valence-corrected chi connectivity index (χ1v) is 8.27. The van der Waals surface area contributed by atoms with E-state index in [0.717, 1.165) is 0 Å². The summed E-state index contributed by atoms with van der Waals surface area (Å²) in [5.41, 5.74) is 0.907. The third kappa shape index (κ3) is 3.99. The number of carbonyl (C=O) groups is 3. The minimum atomic E-state index is -0.627. The lowest BCUT2D eigenvalue weighted by molar-refractivity contribution is 0.0600. The van der Waals surface area contributed by atoms with E-state index >= 15 is 0 Å².